The molecule has 0 saturated carbocycles. The van der Waals surface area contributed by atoms with E-state index < -0.39 is 0 Å². The molecule has 0 radical (unpaired) electrons. The molecule has 1 N–H and O–H groups in total. The number of hydrogen-bond donors (Lipinski definition) is 1. The van der Waals surface area contributed by atoms with Crippen molar-refractivity contribution in [1.82, 2.24) is 4.57 Å². The van der Waals surface area contributed by atoms with E-state index >= 15 is 0 Å². The molecule has 0 saturated heterocycles. The van der Waals surface area contributed by atoms with Crippen LogP contribution in [0, 0.1) is 6.92 Å². The van der Waals surface area contributed by atoms with E-state index in [-0.39, 0.29) is 5.75 Å². The number of phenols is 1. The molecule has 0 amide bonds. The summed E-state index contributed by atoms with van der Waals surface area (Å²) in [6, 6.07) is 17.6. The van der Waals surface area contributed by atoms with Crippen LogP contribution in [0.25, 0.3) is 27.4 Å². The van der Waals surface area contributed by atoms with Crippen LogP contribution in [0.2, 0.25) is 5.02 Å². The Kier molecular flexibility index (Phi) is 2.88. The molecule has 3 aromatic carbocycles. The van der Waals surface area contributed by atoms with Gasteiger partial charge in [0.15, 0.2) is 0 Å². The molecular weight excluding hydrogens is 294 g/mol. The Morgan fingerprint density at radius 2 is 1.77 bits per heavy atom. The third-order valence-electron chi connectivity index (χ3n) is 4.09. The fourth-order valence-electron chi connectivity index (χ4n) is 3.05. The molecule has 0 unspecified atom stereocenters. The number of aryl methyl sites for hydroxylation is 1. The average Bonchev–Trinajstić information content (AvgIpc) is 2.83. The monoisotopic (exact) mass is 307 g/mol. The smallest absolute Gasteiger partial charge is 0.140 e. The van der Waals surface area contributed by atoms with Crippen LogP contribution in [0.4, 0.5) is 0 Å². The van der Waals surface area contributed by atoms with E-state index in [1.807, 2.05) is 59.3 Å². The van der Waals surface area contributed by atoms with Crippen molar-refractivity contribution < 1.29 is 5.11 Å². The molecule has 0 aliphatic heterocycles. The number of halogens is 1. The zero-order valence-electron chi connectivity index (χ0n) is 12.0. The van der Waals surface area contributed by atoms with E-state index in [2.05, 4.69) is 6.92 Å². The van der Waals surface area contributed by atoms with E-state index in [9.17, 15) is 5.11 Å². The van der Waals surface area contributed by atoms with Crippen molar-refractivity contribution >= 4 is 33.3 Å². The summed E-state index contributed by atoms with van der Waals surface area (Å²) in [6.07, 6.45) is 2.04. The molecule has 0 aliphatic carbocycles. The highest BCUT2D eigenvalue weighted by atomic mass is 35.5. The van der Waals surface area contributed by atoms with E-state index in [4.69, 9.17) is 11.6 Å². The number of phenolic OH excluding ortho intramolecular Hbond substituents is 1. The molecule has 3 heteroatoms. The minimum Gasteiger partial charge on any atom is -0.506 e. The highest BCUT2D eigenvalue weighted by Gasteiger charge is 2.13. The van der Waals surface area contributed by atoms with Crippen molar-refractivity contribution in [2.24, 2.45) is 0 Å². The van der Waals surface area contributed by atoms with E-state index in [1.54, 1.807) is 6.07 Å². The summed E-state index contributed by atoms with van der Waals surface area (Å²) < 4.78 is 2.04. The number of fused-ring (bicyclic) bond motifs is 2. The van der Waals surface area contributed by atoms with Crippen LogP contribution in [0.5, 0.6) is 5.75 Å². The molecule has 1 heterocycles. The van der Waals surface area contributed by atoms with Crippen molar-refractivity contribution in [2.45, 2.75) is 6.92 Å². The molecule has 0 aliphatic rings. The lowest BCUT2D eigenvalue weighted by Crippen LogP contribution is -1.94. The lowest BCUT2D eigenvalue weighted by molar-refractivity contribution is 0.473. The molecule has 4 aromatic rings. The van der Waals surface area contributed by atoms with Crippen LogP contribution in [0.1, 0.15) is 5.56 Å². The maximum absolute atomic E-state index is 10.4. The maximum atomic E-state index is 10.4. The fraction of sp³-hybridized carbons (Fsp3) is 0.0526. The number of hydrogen-bond acceptors (Lipinski definition) is 1. The normalized spacial score (nSPS) is 11.4. The number of nitrogens with zero attached hydrogens (tertiary/aromatic N) is 1. The Bertz CT molecular complexity index is 1020. The Morgan fingerprint density at radius 1 is 0.955 bits per heavy atom. The molecule has 0 atom stereocenters. The van der Waals surface area contributed by atoms with Gasteiger partial charge in [0.2, 0.25) is 0 Å². The van der Waals surface area contributed by atoms with Crippen molar-refractivity contribution in [3.8, 4) is 11.4 Å². The van der Waals surface area contributed by atoms with Gasteiger partial charge in [-0.3, -0.25) is 0 Å². The maximum Gasteiger partial charge on any atom is 0.140 e. The first-order valence-corrected chi connectivity index (χ1v) is 7.51. The Labute approximate surface area is 133 Å². The predicted octanol–water partition coefficient (Wildman–Crippen LogP) is 5.45. The number of benzene rings is 3. The van der Waals surface area contributed by atoms with Crippen LogP contribution in [-0.2, 0) is 0 Å². The summed E-state index contributed by atoms with van der Waals surface area (Å²) in [5, 5.41) is 14.4. The topological polar surface area (TPSA) is 25.2 Å². The molecule has 108 valence electrons. The first-order chi connectivity index (χ1) is 10.6. The van der Waals surface area contributed by atoms with Gasteiger partial charge in [0, 0.05) is 22.0 Å². The summed E-state index contributed by atoms with van der Waals surface area (Å²) >= 11 is 6.11. The molecule has 0 bridgehead atoms. The molecule has 4 rings (SSSR count). The molecule has 22 heavy (non-hydrogen) atoms. The second kappa shape index (κ2) is 4.79. The number of rotatable bonds is 1. The summed E-state index contributed by atoms with van der Waals surface area (Å²) in [5.74, 6) is 0.269. The Morgan fingerprint density at radius 3 is 2.64 bits per heavy atom. The minimum atomic E-state index is 0.269. The van der Waals surface area contributed by atoms with E-state index in [0.717, 1.165) is 37.9 Å². The van der Waals surface area contributed by atoms with Crippen LogP contribution in [-0.4, -0.2) is 9.67 Å². The predicted molar refractivity (Wildman–Crippen MR) is 92.2 cm³/mol. The van der Waals surface area contributed by atoms with Crippen molar-refractivity contribution in [2.75, 3.05) is 0 Å². The fourth-order valence-corrected chi connectivity index (χ4v) is 3.22. The average molecular weight is 308 g/mol. The van der Waals surface area contributed by atoms with Crippen LogP contribution in [0.3, 0.4) is 0 Å². The minimum absolute atomic E-state index is 0.269. The van der Waals surface area contributed by atoms with Crippen molar-refractivity contribution in [3.05, 3.63) is 71.4 Å². The van der Waals surface area contributed by atoms with Gasteiger partial charge < -0.3 is 9.67 Å². The lowest BCUT2D eigenvalue weighted by atomic mass is 10.1. The van der Waals surface area contributed by atoms with Gasteiger partial charge in [-0.2, -0.15) is 0 Å². The van der Waals surface area contributed by atoms with Crippen molar-refractivity contribution in [3.63, 3.8) is 0 Å². The van der Waals surface area contributed by atoms with Crippen LogP contribution >= 0.6 is 11.6 Å². The summed E-state index contributed by atoms with van der Waals surface area (Å²) in [7, 11) is 0. The largest absolute Gasteiger partial charge is 0.506 e. The SMILES string of the molecule is Cc1cn(-c2c(O)ccc3ccccc23)c2ccc(Cl)cc12. The molecular formula is C19H14ClNO. The lowest BCUT2D eigenvalue weighted by Gasteiger charge is -2.12. The first-order valence-electron chi connectivity index (χ1n) is 7.13. The Balaban J connectivity index is 2.14. The molecule has 1 aromatic heterocycles. The summed E-state index contributed by atoms with van der Waals surface area (Å²) in [5.41, 5.74) is 2.97. The number of aromatic nitrogens is 1. The van der Waals surface area contributed by atoms with Gasteiger partial charge in [-0.15, -0.1) is 0 Å². The first kappa shape index (κ1) is 13.2. The second-order valence-corrected chi connectivity index (χ2v) is 5.93. The third kappa shape index (κ3) is 1.88. The second-order valence-electron chi connectivity index (χ2n) is 5.50. The Hall–Kier alpha value is -2.45. The quantitative estimate of drug-likeness (QED) is 0.497. The van der Waals surface area contributed by atoms with E-state index in [1.165, 1.54) is 0 Å². The van der Waals surface area contributed by atoms with Gasteiger partial charge >= 0.3 is 0 Å². The van der Waals surface area contributed by atoms with Gasteiger partial charge in [0.25, 0.3) is 0 Å². The van der Waals surface area contributed by atoms with Gasteiger partial charge in [-0.25, -0.2) is 0 Å². The summed E-state index contributed by atoms with van der Waals surface area (Å²) in [4.78, 5) is 0. The van der Waals surface area contributed by atoms with Gasteiger partial charge in [0.1, 0.15) is 5.75 Å². The standard InChI is InChI=1S/C19H14ClNO/c1-12-11-21(17-8-7-14(20)10-16(12)17)19-15-5-3-2-4-13(15)6-9-18(19)22/h2-11,22H,1H3. The zero-order chi connectivity index (χ0) is 15.3. The van der Waals surface area contributed by atoms with Gasteiger partial charge in [-0.05, 0) is 42.1 Å². The molecule has 0 fully saturated rings. The van der Waals surface area contributed by atoms with Crippen molar-refractivity contribution in [1.29, 1.82) is 0 Å². The third-order valence-corrected chi connectivity index (χ3v) is 4.32. The highest BCUT2D eigenvalue weighted by molar-refractivity contribution is 6.31. The van der Waals surface area contributed by atoms with E-state index in [0.29, 0.717) is 0 Å². The zero-order valence-corrected chi connectivity index (χ0v) is 12.8. The van der Waals surface area contributed by atoms with Crippen LogP contribution in [0.15, 0.2) is 60.8 Å². The highest BCUT2D eigenvalue weighted by Crippen LogP contribution is 2.35. The number of aromatic hydroxyl groups is 1. The molecule has 0 spiro atoms. The van der Waals surface area contributed by atoms with Gasteiger partial charge in [-0.1, -0.05) is 41.9 Å². The molecule has 2 nitrogen and oxygen atoms in total. The van der Waals surface area contributed by atoms with Crippen LogP contribution < -0.4 is 0 Å². The van der Waals surface area contributed by atoms with Gasteiger partial charge in [0.05, 0.1) is 11.2 Å². The summed E-state index contributed by atoms with van der Waals surface area (Å²) in [6.45, 7) is 2.05.